The van der Waals surface area contributed by atoms with E-state index in [0.29, 0.717) is 16.8 Å². The second-order valence-electron chi connectivity index (χ2n) is 6.18. The van der Waals surface area contributed by atoms with E-state index in [2.05, 4.69) is 10.3 Å². The number of nitrogens with one attached hydrogen (secondary N) is 1. The average molecular weight is 348 g/mol. The van der Waals surface area contributed by atoms with Crippen molar-refractivity contribution in [1.29, 1.82) is 0 Å². The van der Waals surface area contributed by atoms with Gasteiger partial charge < -0.3 is 15.6 Å². The zero-order valence-corrected chi connectivity index (χ0v) is 14.9. The molecule has 1 aromatic heterocycles. The van der Waals surface area contributed by atoms with Crippen molar-refractivity contribution in [3.63, 3.8) is 0 Å². The highest BCUT2D eigenvalue weighted by atomic mass is 16.2. The Labute approximate surface area is 151 Å². The molecule has 0 bridgehead atoms. The number of carbonyl (C=O) groups excluding carboxylic acids is 2. The summed E-state index contributed by atoms with van der Waals surface area (Å²) in [5.41, 5.74) is 10.5. The lowest BCUT2D eigenvalue weighted by molar-refractivity contribution is 0.1000. The molecule has 26 heavy (non-hydrogen) atoms. The smallest absolute Gasteiger partial charge is 0.255 e. The van der Waals surface area contributed by atoms with Gasteiger partial charge in [-0.3, -0.25) is 9.59 Å². The highest BCUT2D eigenvalue weighted by Crippen LogP contribution is 2.18. The molecule has 3 rings (SSSR count). The summed E-state index contributed by atoms with van der Waals surface area (Å²) in [5.74, 6) is -0.845. The lowest BCUT2D eigenvalue weighted by Gasteiger charge is -2.10. The van der Waals surface area contributed by atoms with E-state index in [1.54, 1.807) is 18.5 Å². The van der Waals surface area contributed by atoms with Crippen LogP contribution in [0.5, 0.6) is 0 Å². The van der Waals surface area contributed by atoms with Crippen molar-refractivity contribution < 1.29 is 9.59 Å². The third kappa shape index (κ3) is 3.35. The fourth-order valence-electron chi connectivity index (χ4n) is 2.68. The first-order valence-electron chi connectivity index (χ1n) is 8.19. The van der Waals surface area contributed by atoms with E-state index in [4.69, 9.17) is 5.73 Å². The molecule has 0 fully saturated rings. The Balaban J connectivity index is 1.81. The summed E-state index contributed by atoms with van der Waals surface area (Å²) in [6, 6.07) is 12.3. The van der Waals surface area contributed by atoms with Crippen LogP contribution >= 0.6 is 0 Å². The standard InChI is InChI=1S/C20H20N4O2/c1-12-4-5-15(19(21)25)10-18(12)20(26)23-16-6-8-17(9-7-16)24-11-22-13(2)14(24)3/h4-11H,1-3H3,(H2,21,25)(H,23,26). The largest absolute Gasteiger partial charge is 0.366 e. The Morgan fingerprint density at radius 3 is 2.31 bits per heavy atom. The van der Waals surface area contributed by atoms with Crippen LogP contribution in [-0.2, 0) is 0 Å². The van der Waals surface area contributed by atoms with Crippen LogP contribution in [0.15, 0.2) is 48.8 Å². The molecule has 0 saturated carbocycles. The van der Waals surface area contributed by atoms with Crippen LogP contribution in [0.1, 0.15) is 37.7 Å². The number of carbonyl (C=O) groups is 2. The van der Waals surface area contributed by atoms with Gasteiger partial charge in [0, 0.05) is 28.2 Å². The average Bonchev–Trinajstić information content (AvgIpc) is 2.95. The molecule has 0 radical (unpaired) electrons. The predicted octanol–water partition coefficient (Wildman–Crippen LogP) is 3.15. The number of nitrogens with zero attached hydrogens (tertiary/aromatic N) is 2. The molecule has 0 saturated heterocycles. The topological polar surface area (TPSA) is 90.0 Å². The van der Waals surface area contributed by atoms with Crippen LogP contribution < -0.4 is 11.1 Å². The van der Waals surface area contributed by atoms with Gasteiger partial charge in [-0.2, -0.15) is 0 Å². The summed E-state index contributed by atoms with van der Waals surface area (Å²) in [6.07, 6.45) is 1.77. The zero-order chi connectivity index (χ0) is 18.8. The van der Waals surface area contributed by atoms with Gasteiger partial charge in [0.2, 0.25) is 5.91 Å². The van der Waals surface area contributed by atoms with Gasteiger partial charge in [0.05, 0.1) is 12.0 Å². The summed E-state index contributed by atoms with van der Waals surface area (Å²) < 4.78 is 1.99. The molecule has 1 heterocycles. The number of anilines is 1. The maximum Gasteiger partial charge on any atom is 0.255 e. The van der Waals surface area contributed by atoms with Gasteiger partial charge in [-0.15, -0.1) is 0 Å². The highest BCUT2D eigenvalue weighted by molar-refractivity contribution is 6.07. The van der Waals surface area contributed by atoms with Gasteiger partial charge in [-0.05, 0) is 62.7 Å². The monoisotopic (exact) mass is 348 g/mol. The number of hydrogen-bond donors (Lipinski definition) is 2. The van der Waals surface area contributed by atoms with Crippen molar-refractivity contribution in [2.75, 3.05) is 5.32 Å². The Hall–Kier alpha value is -3.41. The lowest BCUT2D eigenvalue weighted by atomic mass is 10.0. The number of primary amides is 1. The van der Waals surface area contributed by atoms with E-state index in [1.807, 2.05) is 49.6 Å². The van der Waals surface area contributed by atoms with Crippen LogP contribution in [0.2, 0.25) is 0 Å². The van der Waals surface area contributed by atoms with E-state index in [0.717, 1.165) is 22.6 Å². The number of benzene rings is 2. The van der Waals surface area contributed by atoms with Gasteiger partial charge in [0.25, 0.3) is 5.91 Å². The molecule has 0 spiro atoms. The number of rotatable bonds is 4. The number of nitrogens with two attached hydrogens (primary N) is 1. The van der Waals surface area contributed by atoms with Crippen molar-refractivity contribution in [3.8, 4) is 5.69 Å². The maximum absolute atomic E-state index is 12.5. The number of aryl methyl sites for hydroxylation is 2. The molecule has 0 unspecified atom stereocenters. The van der Waals surface area contributed by atoms with E-state index >= 15 is 0 Å². The maximum atomic E-state index is 12.5. The highest BCUT2D eigenvalue weighted by Gasteiger charge is 2.12. The molecule has 0 atom stereocenters. The predicted molar refractivity (Wildman–Crippen MR) is 101 cm³/mol. The number of aromatic nitrogens is 2. The summed E-state index contributed by atoms with van der Waals surface area (Å²) in [7, 11) is 0. The second-order valence-corrected chi connectivity index (χ2v) is 6.18. The van der Waals surface area contributed by atoms with Crippen LogP contribution in [0.4, 0.5) is 5.69 Å². The summed E-state index contributed by atoms with van der Waals surface area (Å²) in [6.45, 7) is 5.78. The van der Waals surface area contributed by atoms with Gasteiger partial charge in [0.1, 0.15) is 0 Å². The number of amides is 2. The van der Waals surface area contributed by atoms with Gasteiger partial charge in [-0.1, -0.05) is 6.07 Å². The molecule has 3 N–H and O–H groups in total. The summed E-state index contributed by atoms with van der Waals surface area (Å²) >= 11 is 0. The van der Waals surface area contributed by atoms with Crippen molar-refractivity contribution in [3.05, 3.63) is 76.9 Å². The Morgan fingerprint density at radius 1 is 1.04 bits per heavy atom. The van der Waals surface area contributed by atoms with Crippen molar-refractivity contribution in [2.45, 2.75) is 20.8 Å². The van der Waals surface area contributed by atoms with Crippen LogP contribution in [0, 0.1) is 20.8 Å². The molecule has 6 nitrogen and oxygen atoms in total. The SMILES string of the molecule is Cc1ccc(C(N)=O)cc1C(=O)Nc1ccc(-n2cnc(C)c2C)cc1. The summed E-state index contributed by atoms with van der Waals surface area (Å²) in [5, 5.41) is 2.85. The summed E-state index contributed by atoms with van der Waals surface area (Å²) in [4.78, 5) is 28.2. The van der Waals surface area contributed by atoms with Crippen LogP contribution in [-0.4, -0.2) is 21.4 Å². The first-order valence-corrected chi connectivity index (χ1v) is 8.19. The Kier molecular flexibility index (Phi) is 4.58. The molecule has 6 heteroatoms. The molecular formula is C20H20N4O2. The van der Waals surface area contributed by atoms with Gasteiger partial charge in [-0.25, -0.2) is 4.98 Å². The second kappa shape index (κ2) is 6.84. The minimum atomic E-state index is -0.561. The minimum Gasteiger partial charge on any atom is -0.366 e. The Morgan fingerprint density at radius 2 is 1.73 bits per heavy atom. The lowest BCUT2D eigenvalue weighted by Crippen LogP contribution is -2.16. The normalized spacial score (nSPS) is 10.6. The van der Waals surface area contributed by atoms with E-state index in [-0.39, 0.29) is 5.91 Å². The molecule has 0 aliphatic rings. The number of hydrogen-bond acceptors (Lipinski definition) is 3. The first-order chi connectivity index (χ1) is 12.4. The molecule has 2 amide bonds. The van der Waals surface area contributed by atoms with Gasteiger partial charge in [0.15, 0.2) is 0 Å². The fraction of sp³-hybridized carbons (Fsp3) is 0.150. The first kappa shape index (κ1) is 17.4. The van der Waals surface area contributed by atoms with Crippen LogP contribution in [0.3, 0.4) is 0 Å². The zero-order valence-electron chi connectivity index (χ0n) is 14.9. The fourth-order valence-corrected chi connectivity index (χ4v) is 2.68. The van der Waals surface area contributed by atoms with Gasteiger partial charge >= 0.3 is 0 Å². The van der Waals surface area contributed by atoms with Crippen molar-refractivity contribution in [2.24, 2.45) is 5.73 Å². The van der Waals surface area contributed by atoms with Crippen molar-refractivity contribution in [1.82, 2.24) is 9.55 Å². The minimum absolute atomic E-state index is 0.284. The molecule has 3 aromatic rings. The van der Waals surface area contributed by atoms with Crippen LogP contribution in [0.25, 0.3) is 5.69 Å². The Bertz CT molecular complexity index is 988. The molecule has 2 aromatic carbocycles. The third-order valence-electron chi connectivity index (χ3n) is 4.42. The van der Waals surface area contributed by atoms with Crippen molar-refractivity contribution >= 4 is 17.5 Å². The van der Waals surface area contributed by atoms with E-state index in [1.165, 1.54) is 6.07 Å². The third-order valence-corrected chi connectivity index (χ3v) is 4.42. The molecule has 132 valence electrons. The molecular weight excluding hydrogens is 328 g/mol. The van der Waals surface area contributed by atoms with E-state index < -0.39 is 5.91 Å². The quantitative estimate of drug-likeness (QED) is 0.759. The number of imidazole rings is 1. The van der Waals surface area contributed by atoms with E-state index in [9.17, 15) is 9.59 Å². The molecule has 0 aliphatic heterocycles. The molecule has 0 aliphatic carbocycles.